The number of nitrogens with zero attached hydrogens (tertiary/aromatic N) is 6. The average Bonchev–Trinajstić information content (AvgIpc) is 2.69. The van der Waals surface area contributed by atoms with Crippen LogP contribution in [0.2, 0.25) is 0 Å². The molecule has 9 nitrogen and oxygen atoms in total. The van der Waals surface area contributed by atoms with Crippen molar-refractivity contribution in [3.63, 3.8) is 0 Å². The van der Waals surface area contributed by atoms with Gasteiger partial charge in [0.1, 0.15) is 5.82 Å². The molecule has 27 heavy (non-hydrogen) atoms. The van der Waals surface area contributed by atoms with Gasteiger partial charge in [0.2, 0.25) is 11.9 Å². The number of ether oxygens (including phenoxy) is 2. The van der Waals surface area contributed by atoms with E-state index in [0.29, 0.717) is 32.4 Å². The van der Waals surface area contributed by atoms with Crippen molar-refractivity contribution < 1.29 is 9.47 Å². The largest absolute Gasteiger partial charge is 0.377 e. The second-order valence-electron chi connectivity index (χ2n) is 6.98. The first-order valence-electron chi connectivity index (χ1n) is 9.27. The van der Waals surface area contributed by atoms with Crippen LogP contribution in [0.5, 0.6) is 0 Å². The van der Waals surface area contributed by atoms with Crippen LogP contribution in [-0.4, -0.2) is 71.5 Å². The Morgan fingerprint density at radius 3 is 2.22 bits per heavy atom. The van der Waals surface area contributed by atoms with Gasteiger partial charge in [0, 0.05) is 37.1 Å². The van der Waals surface area contributed by atoms with Gasteiger partial charge in [0.25, 0.3) is 0 Å². The molecule has 2 atom stereocenters. The first-order valence-corrected chi connectivity index (χ1v) is 9.27. The molecule has 2 aromatic heterocycles. The lowest BCUT2D eigenvalue weighted by Crippen LogP contribution is -2.46. The second-order valence-corrected chi connectivity index (χ2v) is 6.98. The monoisotopic (exact) mass is 371 g/mol. The number of hydrogen-bond donors (Lipinski definition) is 1. The highest BCUT2D eigenvalue weighted by Gasteiger charge is 2.26. The second kappa shape index (κ2) is 7.61. The average molecular weight is 371 g/mol. The molecule has 0 aliphatic carbocycles. The molecule has 0 spiro atoms. The summed E-state index contributed by atoms with van der Waals surface area (Å²) in [4.78, 5) is 22.4. The summed E-state index contributed by atoms with van der Waals surface area (Å²) in [5.41, 5.74) is 7.24. The summed E-state index contributed by atoms with van der Waals surface area (Å²) in [7, 11) is 0. The molecule has 4 rings (SSSR count). The molecule has 144 valence electrons. The van der Waals surface area contributed by atoms with E-state index < -0.39 is 0 Å². The maximum absolute atomic E-state index is 5.64. The Morgan fingerprint density at radius 2 is 1.59 bits per heavy atom. The lowest BCUT2D eigenvalue weighted by Gasteiger charge is -2.36. The molecule has 0 unspecified atom stereocenters. The third-order valence-corrected chi connectivity index (χ3v) is 4.95. The van der Waals surface area contributed by atoms with Crippen molar-refractivity contribution in [3.8, 4) is 11.3 Å². The van der Waals surface area contributed by atoms with Gasteiger partial charge in [-0.3, -0.25) is 0 Å². The molecule has 2 N–H and O–H groups in total. The molecule has 2 aliphatic heterocycles. The molecule has 4 heterocycles. The van der Waals surface area contributed by atoms with Crippen molar-refractivity contribution in [2.24, 2.45) is 0 Å². The van der Waals surface area contributed by atoms with E-state index in [1.54, 1.807) is 12.4 Å². The zero-order chi connectivity index (χ0) is 18.8. The third-order valence-electron chi connectivity index (χ3n) is 4.95. The summed E-state index contributed by atoms with van der Waals surface area (Å²) in [5, 5.41) is 0. The van der Waals surface area contributed by atoms with Gasteiger partial charge in [-0.1, -0.05) is 0 Å². The van der Waals surface area contributed by atoms with Crippen molar-refractivity contribution in [2.45, 2.75) is 25.9 Å². The zero-order valence-corrected chi connectivity index (χ0v) is 15.7. The molecule has 0 saturated carbocycles. The highest BCUT2D eigenvalue weighted by molar-refractivity contribution is 5.64. The molecule has 0 bridgehead atoms. The number of morpholine rings is 2. The van der Waals surface area contributed by atoms with Crippen LogP contribution in [-0.2, 0) is 9.47 Å². The smallest absolute Gasteiger partial charge is 0.228 e. The van der Waals surface area contributed by atoms with Gasteiger partial charge < -0.3 is 25.0 Å². The van der Waals surface area contributed by atoms with Crippen LogP contribution in [0.15, 0.2) is 18.5 Å². The van der Waals surface area contributed by atoms with Crippen molar-refractivity contribution in [2.75, 3.05) is 55.1 Å². The molecular weight excluding hydrogens is 346 g/mol. The fourth-order valence-corrected chi connectivity index (χ4v) is 3.41. The van der Waals surface area contributed by atoms with E-state index in [2.05, 4.69) is 33.6 Å². The van der Waals surface area contributed by atoms with Crippen molar-refractivity contribution in [1.82, 2.24) is 19.9 Å². The summed E-state index contributed by atoms with van der Waals surface area (Å²) in [5.74, 6) is 1.84. The lowest BCUT2D eigenvalue weighted by atomic mass is 10.2. The topological polar surface area (TPSA) is 103 Å². The minimum atomic E-state index is 0.214. The van der Waals surface area contributed by atoms with E-state index >= 15 is 0 Å². The van der Waals surface area contributed by atoms with Crippen molar-refractivity contribution in [1.29, 1.82) is 0 Å². The van der Waals surface area contributed by atoms with Gasteiger partial charge in [-0.15, -0.1) is 0 Å². The van der Waals surface area contributed by atoms with Crippen molar-refractivity contribution in [3.05, 3.63) is 18.5 Å². The highest BCUT2D eigenvalue weighted by Crippen LogP contribution is 2.27. The van der Waals surface area contributed by atoms with E-state index in [9.17, 15) is 0 Å². The fraction of sp³-hybridized carbons (Fsp3) is 0.556. The molecule has 9 heteroatoms. The summed E-state index contributed by atoms with van der Waals surface area (Å²) in [6.45, 7) is 8.55. The SMILES string of the molecule is C[C@H]1COCCN1c1cc(-c2cnc(N)nc2)nc(N2CCOC[C@@H]2C)n1. The van der Waals surface area contributed by atoms with Crippen LogP contribution in [0.3, 0.4) is 0 Å². The van der Waals surface area contributed by atoms with Crippen LogP contribution in [0, 0.1) is 0 Å². The number of hydrogen-bond acceptors (Lipinski definition) is 9. The molecule has 2 fully saturated rings. The summed E-state index contributed by atoms with van der Waals surface area (Å²) >= 11 is 0. The molecule has 0 amide bonds. The predicted octanol–water partition coefficient (Wildman–Crippen LogP) is 0.966. The Balaban J connectivity index is 1.76. The maximum atomic E-state index is 5.64. The number of nitrogen functional groups attached to an aromatic ring is 1. The third kappa shape index (κ3) is 3.79. The Kier molecular flexibility index (Phi) is 5.04. The van der Waals surface area contributed by atoms with Crippen LogP contribution < -0.4 is 15.5 Å². The molecule has 0 radical (unpaired) electrons. The normalized spacial score (nSPS) is 23.5. The van der Waals surface area contributed by atoms with Gasteiger partial charge in [-0.2, -0.15) is 4.98 Å². The quantitative estimate of drug-likeness (QED) is 0.845. The van der Waals surface area contributed by atoms with Crippen molar-refractivity contribution >= 4 is 17.7 Å². The van der Waals surface area contributed by atoms with E-state index in [1.807, 2.05) is 6.07 Å². The summed E-state index contributed by atoms with van der Waals surface area (Å²) < 4.78 is 11.1. The molecular formula is C18H25N7O2. The Hall–Kier alpha value is -2.52. The maximum Gasteiger partial charge on any atom is 0.228 e. The van der Waals surface area contributed by atoms with E-state index in [1.165, 1.54) is 0 Å². The molecule has 2 saturated heterocycles. The van der Waals surface area contributed by atoms with E-state index in [-0.39, 0.29) is 18.0 Å². The fourth-order valence-electron chi connectivity index (χ4n) is 3.41. The zero-order valence-electron chi connectivity index (χ0n) is 15.7. The standard InChI is InChI=1S/C18H25N7O2/c1-12-10-26-5-3-24(12)16-7-15(14-8-20-17(19)21-9-14)22-18(23-16)25-4-6-27-11-13(25)2/h7-9,12-13H,3-6,10-11H2,1-2H3,(H2,19,20,21)/t12-,13-/m0/s1. The molecule has 2 aliphatic rings. The van der Waals surface area contributed by atoms with E-state index in [0.717, 1.165) is 30.2 Å². The van der Waals surface area contributed by atoms with Crippen LogP contribution >= 0.6 is 0 Å². The summed E-state index contributed by atoms with van der Waals surface area (Å²) in [6.07, 6.45) is 3.40. The number of aromatic nitrogens is 4. The minimum Gasteiger partial charge on any atom is -0.377 e. The van der Waals surface area contributed by atoms with Gasteiger partial charge in [0.15, 0.2) is 0 Å². The van der Waals surface area contributed by atoms with E-state index in [4.69, 9.17) is 25.2 Å². The van der Waals surface area contributed by atoms with Crippen LogP contribution in [0.4, 0.5) is 17.7 Å². The van der Waals surface area contributed by atoms with Gasteiger partial charge in [0.05, 0.1) is 44.2 Å². The lowest BCUT2D eigenvalue weighted by molar-refractivity contribution is 0.0972. The van der Waals surface area contributed by atoms with Gasteiger partial charge in [-0.05, 0) is 13.8 Å². The van der Waals surface area contributed by atoms with Crippen LogP contribution in [0.1, 0.15) is 13.8 Å². The number of nitrogens with two attached hydrogens (primary N) is 1. The Morgan fingerprint density at radius 1 is 0.963 bits per heavy atom. The molecule has 2 aromatic rings. The highest BCUT2D eigenvalue weighted by atomic mass is 16.5. The van der Waals surface area contributed by atoms with Gasteiger partial charge in [-0.25, -0.2) is 15.0 Å². The van der Waals surface area contributed by atoms with Gasteiger partial charge >= 0.3 is 0 Å². The first kappa shape index (κ1) is 17.9. The van der Waals surface area contributed by atoms with Crippen LogP contribution in [0.25, 0.3) is 11.3 Å². The Bertz CT molecular complexity index is 746. The predicted molar refractivity (Wildman–Crippen MR) is 103 cm³/mol. The minimum absolute atomic E-state index is 0.214. The Labute approximate surface area is 158 Å². The number of rotatable bonds is 3. The summed E-state index contributed by atoms with van der Waals surface area (Å²) in [6, 6.07) is 2.46. The first-order chi connectivity index (χ1) is 13.1. The number of anilines is 3. The molecule has 0 aromatic carbocycles.